The van der Waals surface area contributed by atoms with Crippen molar-refractivity contribution in [3.63, 3.8) is 0 Å². The van der Waals surface area contributed by atoms with Gasteiger partial charge in [-0.15, -0.1) is 11.6 Å². The summed E-state index contributed by atoms with van der Waals surface area (Å²) in [5, 5.41) is 2.86. The Kier molecular flexibility index (Phi) is 3.82. The molecule has 0 radical (unpaired) electrons. The highest BCUT2D eigenvalue weighted by atomic mass is 35.5. The minimum atomic E-state index is -0.330. The third-order valence-electron chi connectivity index (χ3n) is 2.06. The molecule has 1 unspecified atom stereocenters. The zero-order valence-electron chi connectivity index (χ0n) is 7.35. The zero-order valence-corrected chi connectivity index (χ0v) is 8.10. The van der Waals surface area contributed by atoms with Gasteiger partial charge in [0.1, 0.15) is 5.38 Å². The van der Waals surface area contributed by atoms with Crippen LogP contribution in [-0.2, 0) is 4.79 Å². The lowest BCUT2D eigenvalue weighted by molar-refractivity contribution is -0.131. The summed E-state index contributed by atoms with van der Waals surface area (Å²) in [5.41, 5.74) is 0. The molecular formula is C8H15ClN2O. The van der Waals surface area contributed by atoms with Crippen molar-refractivity contribution in [3.8, 4) is 0 Å². The van der Waals surface area contributed by atoms with Crippen LogP contribution >= 0.6 is 11.6 Å². The van der Waals surface area contributed by atoms with Gasteiger partial charge in [0.2, 0.25) is 5.91 Å². The summed E-state index contributed by atoms with van der Waals surface area (Å²) in [6.07, 6.45) is 0.713. The average molecular weight is 191 g/mol. The number of alkyl halides is 1. The van der Waals surface area contributed by atoms with E-state index in [1.54, 1.807) is 0 Å². The van der Waals surface area contributed by atoms with Crippen LogP contribution in [0.25, 0.3) is 0 Å². The van der Waals surface area contributed by atoms with E-state index in [1.807, 2.05) is 11.8 Å². The predicted molar refractivity (Wildman–Crippen MR) is 49.4 cm³/mol. The Morgan fingerprint density at radius 3 is 2.67 bits per heavy atom. The molecular weight excluding hydrogens is 176 g/mol. The van der Waals surface area contributed by atoms with E-state index in [0.717, 1.165) is 26.2 Å². The lowest BCUT2D eigenvalue weighted by Gasteiger charge is -2.28. The van der Waals surface area contributed by atoms with Crippen molar-refractivity contribution in [1.29, 1.82) is 0 Å². The maximum Gasteiger partial charge on any atom is 0.240 e. The summed E-state index contributed by atoms with van der Waals surface area (Å²) < 4.78 is 0. The second kappa shape index (κ2) is 4.67. The van der Waals surface area contributed by atoms with Crippen LogP contribution < -0.4 is 5.32 Å². The Bertz CT molecular complexity index is 157. The molecule has 0 aromatic rings. The molecule has 4 heteroatoms. The van der Waals surface area contributed by atoms with E-state index in [4.69, 9.17) is 11.6 Å². The van der Waals surface area contributed by atoms with E-state index in [0.29, 0.717) is 6.42 Å². The summed E-state index contributed by atoms with van der Waals surface area (Å²) in [4.78, 5) is 13.3. The number of hydrogen-bond acceptors (Lipinski definition) is 2. The van der Waals surface area contributed by atoms with Crippen molar-refractivity contribution >= 4 is 17.5 Å². The van der Waals surface area contributed by atoms with Gasteiger partial charge in [-0.25, -0.2) is 0 Å². The van der Waals surface area contributed by atoms with Crippen molar-refractivity contribution in [2.24, 2.45) is 0 Å². The van der Waals surface area contributed by atoms with Crippen LogP contribution in [0.2, 0.25) is 0 Å². The first-order valence-electron chi connectivity index (χ1n) is 4.39. The Morgan fingerprint density at radius 1 is 1.58 bits per heavy atom. The number of carbonyl (C=O) groups is 1. The van der Waals surface area contributed by atoms with Gasteiger partial charge in [-0.2, -0.15) is 0 Å². The highest BCUT2D eigenvalue weighted by Gasteiger charge is 2.21. The standard InChI is InChI=1S/C8H15ClN2O/c1-2-7(9)8(12)11-5-3-10-4-6-11/h7,10H,2-6H2,1H3. The van der Waals surface area contributed by atoms with E-state index in [9.17, 15) is 4.79 Å². The van der Waals surface area contributed by atoms with Crippen molar-refractivity contribution in [2.75, 3.05) is 26.2 Å². The largest absolute Gasteiger partial charge is 0.339 e. The molecule has 1 heterocycles. The highest BCUT2D eigenvalue weighted by molar-refractivity contribution is 6.30. The number of nitrogens with zero attached hydrogens (tertiary/aromatic N) is 1. The van der Waals surface area contributed by atoms with Gasteiger partial charge in [-0.05, 0) is 6.42 Å². The number of carbonyl (C=O) groups excluding carboxylic acids is 1. The van der Waals surface area contributed by atoms with Gasteiger partial charge in [0, 0.05) is 26.2 Å². The first-order chi connectivity index (χ1) is 5.75. The molecule has 1 fully saturated rings. The molecule has 12 heavy (non-hydrogen) atoms. The summed E-state index contributed by atoms with van der Waals surface area (Å²) in [5.74, 6) is 0.0840. The van der Waals surface area contributed by atoms with E-state index < -0.39 is 0 Å². The number of amides is 1. The van der Waals surface area contributed by atoms with Gasteiger partial charge in [0.15, 0.2) is 0 Å². The van der Waals surface area contributed by atoms with Gasteiger partial charge in [0.25, 0.3) is 0 Å². The van der Waals surface area contributed by atoms with Crippen LogP contribution in [-0.4, -0.2) is 42.4 Å². The van der Waals surface area contributed by atoms with Crippen molar-refractivity contribution in [1.82, 2.24) is 10.2 Å². The highest BCUT2D eigenvalue weighted by Crippen LogP contribution is 2.06. The molecule has 1 saturated heterocycles. The van der Waals surface area contributed by atoms with Crippen molar-refractivity contribution < 1.29 is 4.79 Å². The van der Waals surface area contributed by atoms with Crippen LogP contribution in [0.3, 0.4) is 0 Å². The fraction of sp³-hybridized carbons (Fsp3) is 0.875. The summed E-state index contributed by atoms with van der Waals surface area (Å²) >= 11 is 5.84. The number of hydrogen-bond donors (Lipinski definition) is 1. The van der Waals surface area contributed by atoms with Crippen LogP contribution in [0.15, 0.2) is 0 Å². The molecule has 0 saturated carbocycles. The second-order valence-electron chi connectivity index (χ2n) is 2.95. The van der Waals surface area contributed by atoms with E-state index >= 15 is 0 Å². The van der Waals surface area contributed by atoms with Gasteiger partial charge in [0.05, 0.1) is 0 Å². The van der Waals surface area contributed by atoms with E-state index in [2.05, 4.69) is 5.32 Å². The maximum absolute atomic E-state index is 11.5. The monoisotopic (exact) mass is 190 g/mol. The minimum Gasteiger partial charge on any atom is -0.339 e. The first-order valence-corrected chi connectivity index (χ1v) is 4.83. The molecule has 1 aliphatic rings. The second-order valence-corrected chi connectivity index (χ2v) is 3.48. The third kappa shape index (κ3) is 2.35. The van der Waals surface area contributed by atoms with Crippen molar-refractivity contribution in [3.05, 3.63) is 0 Å². The van der Waals surface area contributed by atoms with Crippen LogP contribution in [0.1, 0.15) is 13.3 Å². The van der Waals surface area contributed by atoms with Crippen LogP contribution in [0, 0.1) is 0 Å². The molecule has 1 N–H and O–H groups in total. The molecule has 0 aromatic heterocycles. The molecule has 70 valence electrons. The molecule has 0 bridgehead atoms. The summed E-state index contributed by atoms with van der Waals surface area (Å²) in [7, 11) is 0. The van der Waals surface area contributed by atoms with Gasteiger partial charge < -0.3 is 10.2 Å². The van der Waals surface area contributed by atoms with Crippen LogP contribution in [0.5, 0.6) is 0 Å². The lowest BCUT2D eigenvalue weighted by atomic mass is 10.2. The lowest BCUT2D eigenvalue weighted by Crippen LogP contribution is -2.48. The Labute approximate surface area is 78.1 Å². The topological polar surface area (TPSA) is 32.3 Å². The Morgan fingerprint density at radius 2 is 2.17 bits per heavy atom. The number of halogens is 1. The van der Waals surface area contributed by atoms with Gasteiger partial charge >= 0.3 is 0 Å². The minimum absolute atomic E-state index is 0.0840. The number of nitrogens with one attached hydrogen (secondary N) is 1. The van der Waals surface area contributed by atoms with E-state index in [-0.39, 0.29) is 11.3 Å². The van der Waals surface area contributed by atoms with Crippen molar-refractivity contribution in [2.45, 2.75) is 18.7 Å². The van der Waals surface area contributed by atoms with E-state index in [1.165, 1.54) is 0 Å². The smallest absolute Gasteiger partial charge is 0.240 e. The summed E-state index contributed by atoms with van der Waals surface area (Å²) in [6, 6.07) is 0. The molecule has 0 spiro atoms. The maximum atomic E-state index is 11.5. The SMILES string of the molecule is CCC(Cl)C(=O)N1CCNCC1. The summed E-state index contributed by atoms with van der Waals surface area (Å²) in [6.45, 7) is 5.29. The fourth-order valence-electron chi connectivity index (χ4n) is 1.26. The normalized spacial score (nSPS) is 20.7. The molecule has 1 rings (SSSR count). The predicted octanol–water partition coefficient (Wildman–Crippen LogP) is 0.436. The van der Waals surface area contributed by atoms with Crippen LogP contribution in [0.4, 0.5) is 0 Å². The molecule has 1 amide bonds. The first kappa shape index (κ1) is 9.81. The Hall–Kier alpha value is -0.280. The quantitative estimate of drug-likeness (QED) is 0.641. The molecule has 1 aliphatic heterocycles. The number of rotatable bonds is 2. The average Bonchev–Trinajstić information content (AvgIpc) is 2.17. The fourth-order valence-corrected chi connectivity index (χ4v) is 1.40. The number of piperazine rings is 1. The molecule has 3 nitrogen and oxygen atoms in total. The molecule has 0 aliphatic carbocycles. The molecule has 0 aromatic carbocycles. The third-order valence-corrected chi connectivity index (χ3v) is 2.55. The van der Waals surface area contributed by atoms with Gasteiger partial charge in [-0.1, -0.05) is 6.92 Å². The molecule has 1 atom stereocenters. The van der Waals surface area contributed by atoms with Gasteiger partial charge in [-0.3, -0.25) is 4.79 Å². The Balaban J connectivity index is 2.39. The zero-order chi connectivity index (χ0) is 8.97.